The molecule has 4 aliphatic rings. The molecule has 0 aromatic heterocycles. The molecule has 0 amide bonds. The molecule has 10 atom stereocenters. The number of ketones is 1. The number of rotatable bonds is 8. The second kappa shape index (κ2) is 14.4. The lowest BCUT2D eigenvalue weighted by molar-refractivity contribution is -0.345. The van der Waals surface area contributed by atoms with E-state index in [4.69, 9.17) is 18.9 Å². The molecular weight excluding hydrogens is 716 g/mol. The molecule has 3 aromatic rings. The van der Waals surface area contributed by atoms with Gasteiger partial charge < -0.3 is 34.3 Å². The van der Waals surface area contributed by atoms with E-state index in [1.165, 1.54) is 6.92 Å². The van der Waals surface area contributed by atoms with Crippen molar-refractivity contribution in [1.82, 2.24) is 0 Å². The van der Waals surface area contributed by atoms with E-state index in [2.05, 4.69) is 0 Å². The average molecular weight is 767 g/mol. The summed E-state index contributed by atoms with van der Waals surface area (Å²) in [5.74, 6) is -5.92. The molecular formula is C45H50O11. The molecule has 0 unspecified atom stereocenters. The van der Waals surface area contributed by atoms with E-state index < -0.39 is 94.0 Å². The summed E-state index contributed by atoms with van der Waals surface area (Å²) < 4.78 is 24.7. The van der Waals surface area contributed by atoms with Gasteiger partial charge in [0.25, 0.3) is 0 Å². The Morgan fingerprint density at radius 1 is 0.875 bits per heavy atom. The average Bonchev–Trinajstić information content (AvgIpc) is 3.17. The predicted molar refractivity (Wildman–Crippen MR) is 203 cm³/mol. The predicted octanol–water partition coefficient (Wildman–Crippen LogP) is 5.10. The highest BCUT2D eigenvalue weighted by Gasteiger charge is 2.77. The second-order valence-electron chi connectivity index (χ2n) is 16.7. The van der Waals surface area contributed by atoms with Crippen LogP contribution in [0.2, 0.25) is 0 Å². The van der Waals surface area contributed by atoms with Crippen molar-refractivity contribution in [3.05, 3.63) is 119 Å². The molecule has 0 spiro atoms. The zero-order valence-corrected chi connectivity index (χ0v) is 32.5. The minimum absolute atomic E-state index is 0.0416. The van der Waals surface area contributed by atoms with Crippen LogP contribution < -0.4 is 0 Å². The molecule has 2 bridgehead atoms. The Hall–Kier alpha value is -4.68. The molecule has 3 N–H and O–H groups in total. The SMILES string of the molecule is CC(=O)O[C@@]12CO[C@@H]1C[C@H](O)[C@@]1(C)C(=O)[C@H](C)C3=C(C)[C@@H](OC(=O)[C@H](O)C(c4ccccc4)c4ccccc4)C[C@@](O)([C@@H](OC(=O)c4ccccc4)[C@H]21)C3(C)C. The first kappa shape index (κ1) is 39.6. The van der Waals surface area contributed by atoms with Gasteiger partial charge in [-0.25, -0.2) is 9.59 Å². The van der Waals surface area contributed by atoms with E-state index in [0.29, 0.717) is 22.3 Å². The van der Waals surface area contributed by atoms with Crippen molar-refractivity contribution >= 4 is 23.7 Å². The van der Waals surface area contributed by atoms with Crippen LogP contribution in [0.25, 0.3) is 0 Å². The van der Waals surface area contributed by atoms with Gasteiger partial charge in [0.1, 0.15) is 29.7 Å². The van der Waals surface area contributed by atoms with Crippen LogP contribution in [0.3, 0.4) is 0 Å². The van der Waals surface area contributed by atoms with Crippen molar-refractivity contribution in [2.45, 2.75) is 102 Å². The molecule has 296 valence electrons. The molecule has 7 rings (SSSR count). The molecule has 3 fully saturated rings. The van der Waals surface area contributed by atoms with E-state index in [0.717, 1.165) is 0 Å². The van der Waals surface area contributed by atoms with E-state index in [1.54, 1.807) is 65.0 Å². The van der Waals surface area contributed by atoms with Crippen LogP contribution in [0.5, 0.6) is 0 Å². The lowest BCUT2D eigenvalue weighted by Crippen LogP contribution is -2.81. The number of hydrogen-bond donors (Lipinski definition) is 3. The fourth-order valence-corrected chi connectivity index (χ4v) is 10.5. The van der Waals surface area contributed by atoms with Crippen LogP contribution in [0.15, 0.2) is 102 Å². The minimum atomic E-state index is -2.12. The Morgan fingerprint density at radius 2 is 1.43 bits per heavy atom. The summed E-state index contributed by atoms with van der Waals surface area (Å²) in [5.41, 5.74) is -4.26. The first-order valence-corrected chi connectivity index (χ1v) is 19.2. The first-order valence-electron chi connectivity index (χ1n) is 19.2. The van der Waals surface area contributed by atoms with Crippen LogP contribution in [0.4, 0.5) is 0 Å². The third kappa shape index (κ3) is 6.02. The van der Waals surface area contributed by atoms with Gasteiger partial charge in [0, 0.05) is 37.0 Å². The number of ether oxygens (including phenoxy) is 4. The largest absolute Gasteiger partial charge is 0.456 e. The molecule has 1 aliphatic heterocycles. The molecule has 11 nitrogen and oxygen atoms in total. The number of fused-ring (bicyclic) bond motifs is 5. The van der Waals surface area contributed by atoms with Gasteiger partial charge in [0.05, 0.1) is 29.6 Å². The van der Waals surface area contributed by atoms with Gasteiger partial charge in [-0.05, 0) is 48.3 Å². The van der Waals surface area contributed by atoms with E-state index >= 15 is 4.79 Å². The van der Waals surface area contributed by atoms with Gasteiger partial charge in [-0.3, -0.25) is 9.59 Å². The van der Waals surface area contributed by atoms with Gasteiger partial charge in [0.15, 0.2) is 11.7 Å². The Bertz CT molecular complexity index is 1990. The molecule has 56 heavy (non-hydrogen) atoms. The second-order valence-corrected chi connectivity index (χ2v) is 16.7. The zero-order valence-electron chi connectivity index (χ0n) is 32.5. The normalized spacial score (nSPS) is 33.8. The van der Waals surface area contributed by atoms with Gasteiger partial charge in [0.2, 0.25) is 0 Å². The Kier molecular flexibility index (Phi) is 10.1. The lowest BCUT2D eigenvalue weighted by atomic mass is 9.43. The highest BCUT2D eigenvalue weighted by atomic mass is 16.6. The number of aliphatic hydroxyl groups is 3. The first-order chi connectivity index (χ1) is 26.5. The number of benzene rings is 3. The highest BCUT2D eigenvalue weighted by molar-refractivity contribution is 5.92. The summed E-state index contributed by atoms with van der Waals surface area (Å²) >= 11 is 0. The smallest absolute Gasteiger partial charge is 0.338 e. The van der Waals surface area contributed by atoms with Crippen molar-refractivity contribution < 1.29 is 53.4 Å². The summed E-state index contributed by atoms with van der Waals surface area (Å²) in [6.45, 7) is 9.57. The Labute approximate surface area is 326 Å². The van der Waals surface area contributed by atoms with E-state index in [1.807, 2.05) is 60.7 Å². The Balaban J connectivity index is 1.38. The number of Topliss-reactive ketones (excluding diaryl/α,β-unsaturated/α-hetero) is 1. The van der Waals surface area contributed by atoms with Gasteiger partial charge in [-0.2, -0.15) is 0 Å². The van der Waals surface area contributed by atoms with Gasteiger partial charge in [-0.1, -0.05) is 99.6 Å². The molecule has 11 heteroatoms. The lowest BCUT2D eigenvalue weighted by Gasteiger charge is -2.67. The van der Waals surface area contributed by atoms with Crippen LogP contribution in [0.1, 0.15) is 81.8 Å². The van der Waals surface area contributed by atoms with E-state index in [-0.39, 0.29) is 25.0 Å². The van der Waals surface area contributed by atoms with E-state index in [9.17, 15) is 29.7 Å². The maximum absolute atomic E-state index is 15.2. The van der Waals surface area contributed by atoms with Crippen LogP contribution >= 0.6 is 0 Å². The number of hydrogen-bond acceptors (Lipinski definition) is 11. The summed E-state index contributed by atoms with van der Waals surface area (Å²) in [5, 5.41) is 37.3. The van der Waals surface area contributed by atoms with Crippen molar-refractivity contribution in [3.8, 4) is 0 Å². The van der Waals surface area contributed by atoms with Crippen molar-refractivity contribution in [2.75, 3.05) is 6.61 Å². The fourth-order valence-electron chi connectivity index (χ4n) is 10.5. The van der Waals surface area contributed by atoms with Gasteiger partial charge in [-0.15, -0.1) is 0 Å². The number of aliphatic hydroxyl groups excluding tert-OH is 2. The summed E-state index contributed by atoms with van der Waals surface area (Å²) in [4.78, 5) is 56.5. The molecule has 0 radical (unpaired) electrons. The molecule has 2 saturated carbocycles. The molecule has 3 aromatic carbocycles. The fraction of sp³-hybridized carbons (Fsp3) is 0.467. The topological polar surface area (TPSA) is 166 Å². The summed E-state index contributed by atoms with van der Waals surface area (Å²) in [6.07, 6.45) is -7.06. The standard InChI is InChI=1S/C45H50O11/c1-25-31(54-41(51)36(48)34(28-16-10-7-11-17-28)29-18-12-8-13-19-29)23-45(52)39(55-40(50)30-20-14-9-15-21-30)37-43(6,38(49)26(2)35(25)42(45,4)5)32(47)22-33-44(37,24-53-33)56-27(3)46/h7-21,26,31-34,36-37,39,47-48,52H,22-24H2,1-6H3/t26-,31+,32+,33-,36-,37+,39+,43-,44+,45-/m1/s1. The van der Waals surface area contributed by atoms with Gasteiger partial charge >= 0.3 is 17.9 Å². The van der Waals surface area contributed by atoms with Crippen molar-refractivity contribution in [3.63, 3.8) is 0 Å². The maximum atomic E-state index is 15.2. The van der Waals surface area contributed by atoms with Crippen molar-refractivity contribution in [2.24, 2.45) is 22.7 Å². The number of carbonyl (C=O) groups is 4. The van der Waals surface area contributed by atoms with Crippen LogP contribution in [0, 0.1) is 22.7 Å². The van der Waals surface area contributed by atoms with Crippen LogP contribution in [-0.4, -0.2) is 87.3 Å². The van der Waals surface area contributed by atoms with Crippen molar-refractivity contribution in [1.29, 1.82) is 0 Å². The minimum Gasteiger partial charge on any atom is -0.456 e. The molecule has 1 saturated heterocycles. The number of carbonyl (C=O) groups excluding carboxylic acids is 4. The monoisotopic (exact) mass is 766 g/mol. The summed E-state index contributed by atoms with van der Waals surface area (Å²) in [6, 6.07) is 26.4. The number of esters is 3. The maximum Gasteiger partial charge on any atom is 0.338 e. The molecule has 1 heterocycles. The quantitative estimate of drug-likeness (QED) is 0.159. The molecule has 3 aliphatic carbocycles. The highest BCUT2D eigenvalue weighted by Crippen LogP contribution is 2.65. The third-order valence-corrected chi connectivity index (χ3v) is 13.4. The zero-order chi connectivity index (χ0) is 40.4. The Morgan fingerprint density at radius 3 is 1.95 bits per heavy atom. The summed E-state index contributed by atoms with van der Waals surface area (Å²) in [7, 11) is 0. The third-order valence-electron chi connectivity index (χ3n) is 13.4. The van der Waals surface area contributed by atoms with Crippen LogP contribution in [-0.2, 0) is 33.3 Å².